The average molecular weight is 376 g/mol. The molecule has 0 aromatic carbocycles. The number of carbonyl (C=O) groups excluding carboxylic acids is 1. The van der Waals surface area contributed by atoms with E-state index in [1.807, 2.05) is 20.8 Å². The maximum absolute atomic E-state index is 12.7. The van der Waals surface area contributed by atoms with E-state index >= 15 is 0 Å². The monoisotopic (exact) mass is 376 g/mol. The van der Waals surface area contributed by atoms with Crippen LogP contribution in [0.4, 0.5) is 0 Å². The SMILES string of the molecule is CCCn1c(=O)[nH]c(=O)c2c(C(=O)NCC(C)C(=O)O)cc(C(C)C)nc21. The molecule has 2 aromatic heterocycles. The van der Waals surface area contributed by atoms with E-state index in [0.29, 0.717) is 18.7 Å². The molecule has 27 heavy (non-hydrogen) atoms. The number of aromatic nitrogens is 3. The molecule has 146 valence electrons. The van der Waals surface area contributed by atoms with Gasteiger partial charge in [0.15, 0.2) is 5.65 Å². The first kappa shape index (κ1) is 20.3. The highest BCUT2D eigenvalue weighted by Gasteiger charge is 2.21. The van der Waals surface area contributed by atoms with Gasteiger partial charge in [-0.3, -0.25) is 23.9 Å². The summed E-state index contributed by atoms with van der Waals surface area (Å²) in [7, 11) is 0. The van der Waals surface area contributed by atoms with Gasteiger partial charge in [-0.05, 0) is 18.4 Å². The molecule has 2 heterocycles. The zero-order chi connectivity index (χ0) is 20.3. The minimum absolute atomic E-state index is 0.0212. The van der Waals surface area contributed by atoms with Crippen LogP contribution < -0.4 is 16.6 Å². The van der Waals surface area contributed by atoms with Crippen molar-refractivity contribution < 1.29 is 14.7 Å². The minimum Gasteiger partial charge on any atom is -0.481 e. The van der Waals surface area contributed by atoms with Gasteiger partial charge in [0.1, 0.15) is 0 Å². The molecule has 0 saturated carbocycles. The number of pyridine rings is 1. The number of rotatable bonds is 7. The van der Waals surface area contributed by atoms with Crippen molar-refractivity contribution in [2.75, 3.05) is 6.54 Å². The summed E-state index contributed by atoms with van der Waals surface area (Å²) in [6.45, 7) is 7.39. The van der Waals surface area contributed by atoms with Crippen LogP contribution in [-0.2, 0) is 11.3 Å². The second kappa shape index (κ2) is 8.15. The topological polar surface area (TPSA) is 134 Å². The lowest BCUT2D eigenvalue weighted by molar-refractivity contribution is -0.140. The fourth-order valence-corrected chi connectivity index (χ4v) is 2.63. The number of aryl methyl sites for hydroxylation is 1. The van der Waals surface area contributed by atoms with E-state index in [1.165, 1.54) is 17.6 Å². The molecule has 2 rings (SSSR count). The molecule has 0 fully saturated rings. The first-order valence-corrected chi connectivity index (χ1v) is 8.86. The summed E-state index contributed by atoms with van der Waals surface area (Å²) in [5, 5.41) is 11.5. The largest absolute Gasteiger partial charge is 0.481 e. The van der Waals surface area contributed by atoms with Gasteiger partial charge in [-0.25, -0.2) is 9.78 Å². The van der Waals surface area contributed by atoms with Crippen molar-refractivity contribution >= 4 is 22.9 Å². The number of aliphatic carboxylic acids is 1. The molecular formula is C18H24N4O5. The third-order valence-electron chi connectivity index (χ3n) is 4.24. The van der Waals surface area contributed by atoms with Crippen molar-refractivity contribution in [3.05, 3.63) is 38.2 Å². The molecule has 1 amide bonds. The van der Waals surface area contributed by atoms with Crippen LogP contribution in [0, 0.1) is 5.92 Å². The average Bonchev–Trinajstić information content (AvgIpc) is 2.61. The molecule has 0 aliphatic carbocycles. The summed E-state index contributed by atoms with van der Waals surface area (Å²) in [6.07, 6.45) is 0.645. The summed E-state index contributed by atoms with van der Waals surface area (Å²) < 4.78 is 1.35. The number of nitrogens with zero attached hydrogens (tertiary/aromatic N) is 2. The zero-order valence-electron chi connectivity index (χ0n) is 15.8. The normalized spacial score (nSPS) is 12.3. The van der Waals surface area contributed by atoms with Crippen molar-refractivity contribution in [3.63, 3.8) is 0 Å². The first-order valence-electron chi connectivity index (χ1n) is 8.86. The Kier molecular flexibility index (Phi) is 6.14. The first-order chi connectivity index (χ1) is 12.7. The number of carboxylic acid groups (broad SMARTS) is 1. The van der Waals surface area contributed by atoms with Crippen LogP contribution in [0.25, 0.3) is 11.0 Å². The van der Waals surface area contributed by atoms with Crippen LogP contribution in [0.15, 0.2) is 15.7 Å². The maximum Gasteiger partial charge on any atom is 0.329 e. The second-order valence-corrected chi connectivity index (χ2v) is 6.81. The molecule has 0 aliphatic heterocycles. The van der Waals surface area contributed by atoms with Gasteiger partial charge in [-0.15, -0.1) is 0 Å². The molecule has 0 aliphatic rings. The van der Waals surface area contributed by atoms with Crippen LogP contribution in [0.2, 0.25) is 0 Å². The van der Waals surface area contributed by atoms with Gasteiger partial charge in [-0.1, -0.05) is 27.7 Å². The Hall–Kier alpha value is -2.97. The fourth-order valence-electron chi connectivity index (χ4n) is 2.63. The maximum atomic E-state index is 12.7. The molecule has 9 heteroatoms. The molecule has 1 unspecified atom stereocenters. The Balaban J connectivity index is 2.68. The van der Waals surface area contributed by atoms with E-state index in [1.54, 1.807) is 0 Å². The summed E-state index contributed by atoms with van der Waals surface area (Å²) in [6, 6.07) is 1.52. The molecule has 1 atom stereocenters. The zero-order valence-corrected chi connectivity index (χ0v) is 15.8. The van der Waals surface area contributed by atoms with E-state index in [9.17, 15) is 19.2 Å². The van der Waals surface area contributed by atoms with Crippen LogP contribution >= 0.6 is 0 Å². The van der Waals surface area contributed by atoms with Gasteiger partial charge in [0.2, 0.25) is 0 Å². The summed E-state index contributed by atoms with van der Waals surface area (Å²) in [5.41, 5.74) is -0.468. The molecular weight excluding hydrogens is 352 g/mol. The smallest absolute Gasteiger partial charge is 0.329 e. The van der Waals surface area contributed by atoms with E-state index in [2.05, 4.69) is 15.3 Å². The molecule has 3 N–H and O–H groups in total. The standard InChI is InChI=1S/C18H24N4O5/c1-5-6-22-14-13(16(24)21-18(22)27)11(7-12(20-14)9(2)3)15(23)19-8-10(4)17(25)26/h7,9-10H,5-6,8H2,1-4H3,(H,19,23)(H,25,26)(H,21,24,27). The number of amides is 1. The van der Waals surface area contributed by atoms with Gasteiger partial charge >= 0.3 is 11.7 Å². The van der Waals surface area contributed by atoms with Crippen LogP contribution in [0.5, 0.6) is 0 Å². The van der Waals surface area contributed by atoms with Crippen LogP contribution in [0.1, 0.15) is 56.1 Å². The van der Waals surface area contributed by atoms with Crippen LogP contribution in [0.3, 0.4) is 0 Å². The highest BCUT2D eigenvalue weighted by atomic mass is 16.4. The van der Waals surface area contributed by atoms with Gasteiger partial charge in [0, 0.05) is 18.8 Å². The molecule has 2 aromatic rings. The Morgan fingerprint density at radius 2 is 1.96 bits per heavy atom. The molecule has 0 radical (unpaired) electrons. The number of aromatic amines is 1. The summed E-state index contributed by atoms with van der Waals surface area (Å²) in [5.74, 6) is -2.43. The van der Waals surface area contributed by atoms with Gasteiger partial charge in [0.05, 0.1) is 16.9 Å². The van der Waals surface area contributed by atoms with Crippen molar-refractivity contribution in [1.82, 2.24) is 19.9 Å². The number of nitrogens with one attached hydrogen (secondary N) is 2. The van der Waals surface area contributed by atoms with Crippen molar-refractivity contribution in [1.29, 1.82) is 0 Å². The number of hydrogen-bond acceptors (Lipinski definition) is 5. The lowest BCUT2D eigenvalue weighted by atomic mass is 10.0. The Labute approximate surface area is 155 Å². The third kappa shape index (κ3) is 4.24. The third-order valence-corrected chi connectivity index (χ3v) is 4.24. The second-order valence-electron chi connectivity index (χ2n) is 6.81. The molecule has 0 spiro atoms. The summed E-state index contributed by atoms with van der Waals surface area (Å²) in [4.78, 5) is 55.0. The number of H-pyrrole nitrogens is 1. The van der Waals surface area contributed by atoms with Gasteiger partial charge in [0.25, 0.3) is 11.5 Å². The number of hydrogen-bond donors (Lipinski definition) is 3. The van der Waals surface area contributed by atoms with E-state index in [0.717, 1.165) is 0 Å². The lowest BCUT2D eigenvalue weighted by Crippen LogP contribution is -2.35. The Bertz CT molecular complexity index is 990. The van der Waals surface area contributed by atoms with E-state index in [-0.39, 0.29) is 29.1 Å². The van der Waals surface area contributed by atoms with Crippen molar-refractivity contribution in [3.8, 4) is 0 Å². The molecule has 0 saturated heterocycles. The predicted molar refractivity (Wildman–Crippen MR) is 100 cm³/mol. The van der Waals surface area contributed by atoms with Gasteiger partial charge in [-0.2, -0.15) is 0 Å². The fraction of sp³-hybridized carbons (Fsp3) is 0.500. The van der Waals surface area contributed by atoms with E-state index < -0.39 is 29.0 Å². The highest BCUT2D eigenvalue weighted by molar-refractivity contribution is 6.05. The number of carbonyl (C=O) groups is 2. The molecule has 0 bridgehead atoms. The lowest BCUT2D eigenvalue weighted by Gasteiger charge is -2.15. The van der Waals surface area contributed by atoms with Crippen molar-refractivity contribution in [2.24, 2.45) is 5.92 Å². The minimum atomic E-state index is -1.03. The molecule has 9 nitrogen and oxygen atoms in total. The van der Waals surface area contributed by atoms with Crippen LogP contribution in [-0.4, -0.2) is 38.1 Å². The number of carboxylic acids is 1. The Morgan fingerprint density at radius 3 is 2.52 bits per heavy atom. The van der Waals surface area contributed by atoms with Crippen molar-refractivity contribution in [2.45, 2.75) is 46.6 Å². The highest BCUT2D eigenvalue weighted by Crippen LogP contribution is 2.20. The summed E-state index contributed by atoms with van der Waals surface area (Å²) >= 11 is 0. The predicted octanol–water partition coefficient (Wildman–Crippen LogP) is 1.07. The number of fused-ring (bicyclic) bond motifs is 1. The Morgan fingerprint density at radius 1 is 1.30 bits per heavy atom. The van der Waals surface area contributed by atoms with Gasteiger partial charge < -0.3 is 10.4 Å². The quantitative estimate of drug-likeness (QED) is 0.662. The van der Waals surface area contributed by atoms with E-state index in [4.69, 9.17) is 5.11 Å².